The second kappa shape index (κ2) is 5.36. The monoisotopic (exact) mass is 372 g/mol. The van der Waals surface area contributed by atoms with E-state index in [4.69, 9.17) is 0 Å². The summed E-state index contributed by atoms with van der Waals surface area (Å²) in [5.41, 5.74) is 3.16. The summed E-state index contributed by atoms with van der Waals surface area (Å²) in [4.78, 5) is 29.3. The van der Waals surface area contributed by atoms with E-state index in [0.29, 0.717) is 17.1 Å². The van der Waals surface area contributed by atoms with Crippen molar-refractivity contribution in [2.75, 3.05) is 36.5 Å². The van der Waals surface area contributed by atoms with Gasteiger partial charge in [-0.2, -0.15) is 0 Å². The van der Waals surface area contributed by atoms with Crippen molar-refractivity contribution < 1.29 is 19.1 Å². The van der Waals surface area contributed by atoms with Crippen molar-refractivity contribution in [3.05, 3.63) is 44.5 Å². The van der Waals surface area contributed by atoms with Crippen LogP contribution in [0.2, 0.25) is 0 Å². The summed E-state index contributed by atoms with van der Waals surface area (Å²) in [5.74, 6) is -2.48. The zero-order chi connectivity index (χ0) is 18.2. The van der Waals surface area contributed by atoms with Crippen LogP contribution in [0.25, 0.3) is 0 Å². The van der Waals surface area contributed by atoms with E-state index in [2.05, 4.69) is 4.90 Å². The molecular formula is C19H17FN2O3S. The molecular weight excluding hydrogens is 355 g/mol. The molecule has 134 valence electrons. The number of hydrogen-bond donors (Lipinski definition) is 1. The van der Waals surface area contributed by atoms with Crippen LogP contribution in [0.4, 0.5) is 15.8 Å². The van der Waals surface area contributed by atoms with E-state index in [0.717, 1.165) is 42.8 Å². The van der Waals surface area contributed by atoms with Crippen molar-refractivity contribution in [1.29, 1.82) is 0 Å². The highest BCUT2D eigenvalue weighted by Crippen LogP contribution is 2.58. The summed E-state index contributed by atoms with van der Waals surface area (Å²) in [5, 5.41) is 11.5. The zero-order valence-electron chi connectivity index (χ0n) is 14.2. The zero-order valence-corrected chi connectivity index (χ0v) is 15.0. The van der Waals surface area contributed by atoms with Crippen LogP contribution in [-0.2, 0) is 4.79 Å². The first-order valence-electron chi connectivity index (χ1n) is 8.69. The number of anilines is 2. The average Bonchev–Trinajstić information content (AvgIpc) is 3.24. The highest BCUT2D eigenvalue weighted by atomic mass is 32.2. The molecule has 5 rings (SSSR count). The number of allylic oxidation sites excluding steroid dienone is 1. The summed E-state index contributed by atoms with van der Waals surface area (Å²) in [6.45, 7) is 2.21. The SMILES string of the molecule is CN1CC2=CSC3=C(C(=O)O)C(=O)c4cc(F)c(N5CCCC5)c1c4C23. The van der Waals surface area contributed by atoms with Gasteiger partial charge in [0.05, 0.1) is 11.4 Å². The maximum atomic E-state index is 15.1. The predicted octanol–water partition coefficient (Wildman–Crippen LogP) is 3.13. The molecule has 0 radical (unpaired) electrons. The molecule has 0 amide bonds. The molecule has 0 spiro atoms. The molecule has 1 unspecified atom stereocenters. The summed E-state index contributed by atoms with van der Waals surface area (Å²) in [7, 11) is 1.91. The number of likely N-dealkylation sites (N-methyl/N-ethyl adjacent to an activating group) is 1. The van der Waals surface area contributed by atoms with Crippen LogP contribution in [0.15, 0.2) is 27.5 Å². The Balaban J connectivity index is 1.83. The minimum absolute atomic E-state index is 0.201. The van der Waals surface area contributed by atoms with E-state index >= 15 is 4.39 Å². The molecule has 4 aliphatic rings. The lowest BCUT2D eigenvalue weighted by molar-refractivity contribution is -0.132. The first-order valence-corrected chi connectivity index (χ1v) is 9.57. The lowest BCUT2D eigenvalue weighted by Gasteiger charge is -2.40. The largest absolute Gasteiger partial charge is 0.478 e. The third-order valence-corrected chi connectivity index (χ3v) is 6.80. The van der Waals surface area contributed by atoms with E-state index in [1.165, 1.54) is 17.8 Å². The normalized spacial score (nSPS) is 23.5. The van der Waals surface area contributed by atoms with Gasteiger partial charge in [-0.25, -0.2) is 9.18 Å². The smallest absolute Gasteiger partial charge is 0.340 e. The first kappa shape index (κ1) is 15.9. The number of hydrogen-bond acceptors (Lipinski definition) is 5. The molecule has 7 heteroatoms. The van der Waals surface area contributed by atoms with Crippen molar-refractivity contribution in [2.24, 2.45) is 0 Å². The summed E-state index contributed by atoms with van der Waals surface area (Å²) < 4.78 is 15.1. The molecule has 1 aliphatic carbocycles. The summed E-state index contributed by atoms with van der Waals surface area (Å²) in [6, 6.07) is 1.26. The first-order chi connectivity index (χ1) is 12.5. The number of rotatable bonds is 2. The summed E-state index contributed by atoms with van der Waals surface area (Å²) >= 11 is 1.32. The van der Waals surface area contributed by atoms with E-state index in [9.17, 15) is 14.7 Å². The Hall–Kier alpha value is -2.28. The second-order valence-corrected chi connectivity index (χ2v) is 8.10. The second-order valence-electron chi connectivity index (χ2n) is 7.18. The van der Waals surface area contributed by atoms with Gasteiger partial charge in [0.15, 0.2) is 0 Å². The van der Waals surface area contributed by atoms with Crippen LogP contribution in [0, 0.1) is 5.82 Å². The van der Waals surface area contributed by atoms with Gasteiger partial charge in [-0.15, -0.1) is 11.8 Å². The number of carboxylic acid groups (broad SMARTS) is 1. The fourth-order valence-electron chi connectivity index (χ4n) is 4.64. The van der Waals surface area contributed by atoms with Gasteiger partial charge >= 0.3 is 5.97 Å². The fourth-order valence-corrected chi connectivity index (χ4v) is 5.84. The van der Waals surface area contributed by atoms with Crippen molar-refractivity contribution >= 4 is 34.9 Å². The topological polar surface area (TPSA) is 60.9 Å². The number of benzene rings is 1. The van der Waals surface area contributed by atoms with Gasteiger partial charge in [0.2, 0.25) is 5.78 Å². The van der Waals surface area contributed by atoms with Crippen molar-refractivity contribution in [1.82, 2.24) is 0 Å². The van der Waals surface area contributed by atoms with Gasteiger partial charge in [-0.3, -0.25) is 4.79 Å². The number of Topliss-reactive ketones (excluding diaryl/α,β-unsaturated/α-hetero) is 1. The molecule has 0 aromatic heterocycles. The minimum atomic E-state index is -1.23. The third kappa shape index (κ3) is 1.92. The molecule has 1 atom stereocenters. The van der Waals surface area contributed by atoms with Gasteiger partial charge in [0.25, 0.3) is 0 Å². The summed E-state index contributed by atoms with van der Waals surface area (Å²) in [6.07, 6.45) is 2.05. The van der Waals surface area contributed by atoms with Crippen molar-refractivity contribution in [3.8, 4) is 0 Å². The molecule has 5 nitrogen and oxygen atoms in total. The van der Waals surface area contributed by atoms with E-state index in [-0.39, 0.29) is 17.1 Å². The fraction of sp³-hybridized carbons (Fsp3) is 0.368. The number of thioether (sulfide) groups is 1. The maximum absolute atomic E-state index is 15.1. The number of halogens is 1. The number of nitrogens with zero attached hydrogens (tertiary/aromatic N) is 2. The van der Waals surface area contributed by atoms with Gasteiger partial charge in [0, 0.05) is 48.6 Å². The molecule has 0 bridgehead atoms. The highest BCUT2D eigenvalue weighted by Gasteiger charge is 2.47. The third-order valence-electron chi connectivity index (χ3n) is 5.68. The van der Waals surface area contributed by atoms with Crippen LogP contribution in [-0.4, -0.2) is 43.5 Å². The van der Waals surface area contributed by atoms with E-state index in [1.807, 2.05) is 17.4 Å². The molecule has 1 aromatic carbocycles. The number of ketones is 1. The van der Waals surface area contributed by atoms with Crippen LogP contribution in [0.3, 0.4) is 0 Å². The Kier molecular flexibility index (Phi) is 3.28. The predicted molar refractivity (Wildman–Crippen MR) is 98.5 cm³/mol. The Morgan fingerprint density at radius 1 is 1.31 bits per heavy atom. The Labute approximate surface area is 154 Å². The van der Waals surface area contributed by atoms with Gasteiger partial charge < -0.3 is 14.9 Å². The molecule has 0 saturated carbocycles. The number of aliphatic carboxylic acids is 1. The van der Waals surface area contributed by atoms with Gasteiger partial charge in [-0.1, -0.05) is 0 Å². The van der Waals surface area contributed by atoms with Crippen LogP contribution < -0.4 is 9.80 Å². The Morgan fingerprint density at radius 3 is 2.73 bits per heavy atom. The van der Waals surface area contributed by atoms with Gasteiger partial charge in [0.1, 0.15) is 11.4 Å². The molecule has 3 heterocycles. The Bertz CT molecular complexity index is 947. The van der Waals surface area contributed by atoms with Crippen molar-refractivity contribution in [3.63, 3.8) is 0 Å². The van der Waals surface area contributed by atoms with Crippen LogP contribution in [0.5, 0.6) is 0 Å². The quantitative estimate of drug-likeness (QED) is 0.805. The lowest BCUT2D eigenvalue weighted by atomic mass is 9.75. The molecule has 1 fully saturated rings. The van der Waals surface area contributed by atoms with E-state index in [1.54, 1.807) is 0 Å². The average molecular weight is 372 g/mol. The number of carbonyl (C=O) groups excluding carboxylic acids is 1. The standard InChI is InChI=1S/C19H17FN2O3S/c1-21-7-9-8-26-18-12(9)13-10(17(23)14(18)19(24)25)6-11(20)15(16(13)21)22-4-2-3-5-22/h6,8,12H,2-5,7H2,1H3,(H,24,25). The Morgan fingerprint density at radius 2 is 2.04 bits per heavy atom. The highest BCUT2D eigenvalue weighted by molar-refractivity contribution is 8.06. The van der Waals surface area contributed by atoms with Crippen LogP contribution in [0.1, 0.15) is 34.7 Å². The van der Waals surface area contributed by atoms with Gasteiger partial charge in [-0.05, 0) is 29.9 Å². The molecule has 1 N–H and O–H groups in total. The molecule has 1 saturated heterocycles. The maximum Gasteiger partial charge on any atom is 0.340 e. The molecule has 3 aliphatic heterocycles. The lowest BCUT2D eigenvalue weighted by Crippen LogP contribution is -2.36. The molecule has 1 aromatic rings. The number of carboxylic acids is 1. The van der Waals surface area contributed by atoms with Crippen LogP contribution >= 0.6 is 11.8 Å². The minimum Gasteiger partial charge on any atom is -0.478 e. The number of carbonyl (C=O) groups is 2. The van der Waals surface area contributed by atoms with E-state index < -0.39 is 17.6 Å². The van der Waals surface area contributed by atoms with Crippen molar-refractivity contribution in [2.45, 2.75) is 18.8 Å². The molecule has 26 heavy (non-hydrogen) atoms.